The number of hydrogen-bond donors (Lipinski definition) is 1. The summed E-state index contributed by atoms with van der Waals surface area (Å²) >= 11 is 0. The van der Waals surface area contributed by atoms with Gasteiger partial charge < -0.3 is 4.84 Å². The summed E-state index contributed by atoms with van der Waals surface area (Å²) in [4.78, 5) is 12.9. The minimum atomic E-state index is 1.20. The van der Waals surface area contributed by atoms with E-state index >= 15 is 0 Å². The number of amides is 1. The lowest BCUT2D eigenvalue weighted by atomic mass is 11.3. The number of carbonyl (C=O) groups excluding carboxylic acids is 1. The molecule has 0 unspecified atom stereocenters. The molecule has 0 saturated carbocycles. The van der Waals surface area contributed by atoms with Gasteiger partial charge in [0.25, 0.3) is 0 Å². The Balaban J connectivity index is 2.72. The minimum Gasteiger partial charge on any atom is -0.326 e. The maximum atomic E-state index is 9.11. The second-order valence-electron chi connectivity index (χ2n) is 0.424. The van der Waals surface area contributed by atoms with Crippen molar-refractivity contribution in [1.82, 2.24) is 5.48 Å². The molecule has 1 N–H and O–H groups in total. The van der Waals surface area contributed by atoms with Crippen molar-refractivity contribution in [2.24, 2.45) is 0 Å². The zero-order valence-corrected chi connectivity index (χ0v) is 2.89. The number of hydroxylamine groups is 1. The van der Waals surface area contributed by atoms with Gasteiger partial charge in [0.2, 0.25) is 0 Å². The average molecular weight is 84.1 g/mol. The van der Waals surface area contributed by atoms with Gasteiger partial charge in [0, 0.05) is 0 Å². The van der Waals surface area contributed by atoms with Gasteiger partial charge in [-0.25, -0.2) is 0 Å². The van der Waals surface area contributed by atoms with Crippen molar-refractivity contribution in [3.05, 3.63) is 0 Å². The summed E-state index contributed by atoms with van der Waals surface area (Å²) < 4.78 is 0. The average Bonchev–Trinajstić information content (AvgIpc) is 1.61. The fraction of sp³-hybridized carbons (Fsp3) is 0. The van der Waals surface area contributed by atoms with Gasteiger partial charge in [-0.3, -0.25) is 4.79 Å². The first-order chi connectivity index (χ1) is 2.91. The molecule has 0 aromatic rings. The molecule has 3 nitrogen and oxygen atoms in total. The highest BCUT2D eigenvalue weighted by Gasteiger charge is 1.64. The molecule has 6 heavy (non-hydrogen) atoms. The van der Waals surface area contributed by atoms with Gasteiger partial charge in [-0.15, -0.1) is 0 Å². The summed E-state index contributed by atoms with van der Waals surface area (Å²) in [7, 11) is 0. The van der Waals surface area contributed by atoms with E-state index in [1.807, 2.05) is 0 Å². The summed E-state index contributed by atoms with van der Waals surface area (Å²) in [6.45, 7) is 0. The molecule has 0 atom stereocenters. The summed E-state index contributed by atoms with van der Waals surface area (Å²) in [5, 5.41) is 0. The monoisotopic (exact) mass is 84.0 g/mol. The second kappa shape index (κ2) is 3.83. The van der Waals surface area contributed by atoms with Crippen LogP contribution >= 0.6 is 0 Å². The van der Waals surface area contributed by atoms with Crippen molar-refractivity contribution in [1.29, 1.82) is 0 Å². The molecule has 1 amide bonds. The Labute approximate surface area is 35.2 Å². The van der Waals surface area contributed by atoms with Gasteiger partial charge in [-0.1, -0.05) is 6.42 Å². The van der Waals surface area contributed by atoms with E-state index in [0.717, 1.165) is 0 Å². The summed E-state index contributed by atoms with van der Waals surface area (Å²) in [6.07, 6.45) is 7.40. The molecule has 0 aromatic heterocycles. The molecule has 0 fully saturated rings. The Bertz CT molecular complexity index is 73.4. The van der Waals surface area contributed by atoms with E-state index in [9.17, 15) is 0 Å². The minimum absolute atomic E-state index is 1.20. The van der Waals surface area contributed by atoms with Crippen molar-refractivity contribution >= 4 is 6.41 Å². The molecule has 0 aromatic carbocycles. The first-order valence-electron chi connectivity index (χ1n) is 1.15. The highest BCUT2D eigenvalue weighted by Crippen LogP contribution is 1.45. The standard InChI is InChI=1S/C3H2NO2/c1-2-6-4-3-5/h1H,(H,4,5). The lowest BCUT2D eigenvalue weighted by Crippen LogP contribution is -2.05. The van der Waals surface area contributed by atoms with Crippen LogP contribution in [0.4, 0.5) is 0 Å². The predicted octanol–water partition coefficient (Wildman–Crippen LogP) is -0.835. The third kappa shape index (κ3) is 2.83. The lowest BCUT2D eigenvalue weighted by molar-refractivity contribution is 0.215. The molecule has 0 aliphatic carbocycles. The van der Waals surface area contributed by atoms with Crippen LogP contribution in [0.25, 0.3) is 0 Å². The number of hydrogen-bond acceptors (Lipinski definition) is 2. The quantitative estimate of drug-likeness (QED) is 0.205. The Morgan fingerprint density at radius 1 is 1.83 bits per heavy atom. The molecule has 3 heteroatoms. The van der Waals surface area contributed by atoms with E-state index in [-0.39, 0.29) is 0 Å². The maximum Gasteiger partial charge on any atom is 0.345 e. The Morgan fingerprint density at radius 2 is 2.50 bits per heavy atom. The third-order valence-electron chi connectivity index (χ3n) is 0.152. The van der Waals surface area contributed by atoms with Gasteiger partial charge in [-0.05, 0) is 0 Å². The van der Waals surface area contributed by atoms with E-state index in [4.69, 9.17) is 4.79 Å². The number of terminal acetylenes is 1. The van der Waals surface area contributed by atoms with Crippen LogP contribution in [-0.4, -0.2) is 6.41 Å². The van der Waals surface area contributed by atoms with E-state index in [1.54, 1.807) is 11.6 Å². The molecule has 0 aliphatic heterocycles. The van der Waals surface area contributed by atoms with Crippen LogP contribution in [0, 0.1) is 12.5 Å². The lowest BCUT2D eigenvalue weighted by Gasteiger charge is -1.81. The van der Waals surface area contributed by atoms with Crippen LogP contribution < -0.4 is 5.48 Å². The zero-order chi connectivity index (χ0) is 4.83. The van der Waals surface area contributed by atoms with E-state index in [1.165, 1.54) is 6.41 Å². The SMILES string of the molecule is C#CON[C]=O. The zero-order valence-electron chi connectivity index (χ0n) is 2.89. The maximum absolute atomic E-state index is 9.11. The normalized spacial score (nSPS) is 5.17. The summed E-state index contributed by atoms with van der Waals surface area (Å²) in [5.74, 6) is 0. The Kier molecular flexibility index (Phi) is 3.08. The molecule has 0 saturated heterocycles. The van der Waals surface area contributed by atoms with Crippen LogP contribution in [0.15, 0.2) is 0 Å². The number of nitrogens with one attached hydrogen (secondary N) is 1. The largest absolute Gasteiger partial charge is 0.345 e. The van der Waals surface area contributed by atoms with E-state index in [0.29, 0.717) is 0 Å². The van der Waals surface area contributed by atoms with Crippen molar-refractivity contribution in [3.8, 4) is 12.5 Å². The van der Waals surface area contributed by atoms with Gasteiger partial charge in [0.1, 0.15) is 6.11 Å². The summed E-state index contributed by atoms with van der Waals surface area (Å²) in [5.41, 5.74) is 1.66. The van der Waals surface area contributed by atoms with Crippen molar-refractivity contribution in [2.45, 2.75) is 0 Å². The Morgan fingerprint density at radius 3 is 2.67 bits per heavy atom. The van der Waals surface area contributed by atoms with E-state index in [2.05, 4.69) is 11.3 Å². The molecule has 31 valence electrons. The molecule has 0 heterocycles. The van der Waals surface area contributed by atoms with Crippen molar-refractivity contribution in [2.75, 3.05) is 0 Å². The highest BCUT2D eigenvalue weighted by atomic mass is 16.6. The van der Waals surface area contributed by atoms with Crippen LogP contribution in [0.1, 0.15) is 0 Å². The molecule has 1 radical (unpaired) electrons. The smallest absolute Gasteiger partial charge is 0.326 e. The van der Waals surface area contributed by atoms with Crippen LogP contribution in [0.3, 0.4) is 0 Å². The fourth-order valence-corrected chi connectivity index (χ4v) is 0.0503. The van der Waals surface area contributed by atoms with Gasteiger partial charge >= 0.3 is 6.41 Å². The summed E-state index contributed by atoms with van der Waals surface area (Å²) in [6, 6.07) is 0. The molecule has 0 bridgehead atoms. The van der Waals surface area contributed by atoms with Crippen molar-refractivity contribution < 1.29 is 9.63 Å². The predicted molar refractivity (Wildman–Crippen MR) is 18.7 cm³/mol. The molecular formula is C3H2NO2. The van der Waals surface area contributed by atoms with Crippen LogP contribution in [0.5, 0.6) is 0 Å². The third-order valence-corrected chi connectivity index (χ3v) is 0.152. The Hall–Kier alpha value is -1.17. The topological polar surface area (TPSA) is 38.3 Å². The van der Waals surface area contributed by atoms with Crippen LogP contribution in [-0.2, 0) is 9.63 Å². The van der Waals surface area contributed by atoms with Crippen LogP contribution in [0.2, 0.25) is 0 Å². The van der Waals surface area contributed by atoms with E-state index < -0.39 is 0 Å². The molecule has 0 rings (SSSR count). The van der Waals surface area contributed by atoms with Gasteiger partial charge in [0.15, 0.2) is 0 Å². The number of rotatable bonds is 2. The van der Waals surface area contributed by atoms with Gasteiger partial charge in [-0.2, -0.15) is 5.48 Å². The highest BCUT2D eigenvalue weighted by molar-refractivity contribution is 5.45. The van der Waals surface area contributed by atoms with Crippen molar-refractivity contribution in [3.63, 3.8) is 0 Å². The first kappa shape index (κ1) is 4.83. The molecule has 0 spiro atoms. The second-order valence-corrected chi connectivity index (χ2v) is 0.424. The van der Waals surface area contributed by atoms with Gasteiger partial charge in [0.05, 0.1) is 0 Å². The molecular weight excluding hydrogens is 82.0 g/mol. The fourth-order valence-electron chi connectivity index (χ4n) is 0.0503. The first-order valence-corrected chi connectivity index (χ1v) is 1.15. The molecule has 0 aliphatic rings.